The molecule has 2 unspecified atom stereocenters. The number of benzene rings is 1. The second-order valence-electron chi connectivity index (χ2n) is 5.03. The van der Waals surface area contributed by atoms with Crippen molar-refractivity contribution in [1.29, 1.82) is 0 Å². The summed E-state index contributed by atoms with van der Waals surface area (Å²) < 4.78 is 0. The monoisotopic (exact) mass is 267 g/mol. The standard InChI is InChI=1S/C14H22ClN3/c1-11(18-8-6-17-7-9-18)10-14(16)12-2-4-13(15)5-3-12/h2-5,11,14,17H,6-10,16H2,1H3. The van der Waals surface area contributed by atoms with Crippen molar-refractivity contribution in [3.63, 3.8) is 0 Å². The fourth-order valence-electron chi connectivity index (χ4n) is 2.49. The Morgan fingerprint density at radius 2 is 1.89 bits per heavy atom. The maximum absolute atomic E-state index is 6.27. The molecule has 1 aliphatic heterocycles. The van der Waals surface area contributed by atoms with Crippen LogP contribution in [0.2, 0.25) is 5.02 Å². The second-order valence-corrected chi connectivity index (χ2v) is 5.47. The van der Waals surface area contributed by atoms with E-state index in [1.54, 1.807) is 0 Å². The first-order valence-electron chi connectivity index (χ1n) is 6.62. The van der Waals surface area contributed by atoms with Gasteiger partial charge in [-0.3, -0.25) is 4.90 Å². The molecule has 3 nitrogen and oxygen atoms in total. The van der Waals surface area contributed by atoms with Crippen molar-refractivity contribution in [2.45, 2.75) is 25.4 Å². The van der Waals surface area contributed by atoms with Crippen LogP contribution >= 0.6 is 11.6 Å². The van der Waals surface area contributed by atoms with Crippen molar-refractivity contribution in [2.24, 2.45) is 5.73 Å². The van der Waals surface area contributed by atoms with E-state index < -0.39 is 0 Å². The maximum Gasteiger partial charge on any atom is 0.0406 e. The molecule has 1 saturated heterocycles. The number of nitrogens with one attached hydrogen (secondary N) is 1. The maximum atomic E-state index is 6.27. The van der Waals surface area contributed by atoms with E-state index in [9.17, 15) is 0 Å². The molecular weight excluding hydrogens is 246 g/mol. The Kier molecular flexibility index (Phi) is 5.01. The lowest BCUT2D eigenvalue weighted by Gasteiger charge is -2.34. The van der Waals surface area contributed by atoms with Crippen molar-refractivity contribution < 1.29 is 0 Å². The molecule has 1 aromatic rings. The summed E-state index contributed by atoms with van der Waals surface area (Å²) in [5, 5.41) is 4.14. The van der Waals surface area contributed by atoms with Gasteiger partial charge in [0.25, 0.3) is 0 Å². The highest BCUT2D eigenvalue weighted by Crippen LogP contribution is 2.20. The molecule has 2 atom stereocenters. The molecule has 4 heteroatoms. The van der Waals surface area contributed by atoms with Gasteiger partial charge in [-0.15, -0.1) is 0 Å². The summed E-state index contributed by atoms with van der Waals surface area (Å²) in [7, 11) is 0. The first kappa shape index (κ1) is 13.8. The summed E-state index contributed by atoms with van der Waals surface area (Å²) >= 11 is 5.89. The molecule has 1 fully saturated rings. The molecule has 0 radical (unpaired) electrons. The van der Waals surface area contributed by atoms with E-state index in [0.717, 1.165) is 37.6 Å². The molecule has 100 valence electrons. The molecule has 0 aromatic heterocycles. The van der Waals surface area contributed by atoms with E-state index in [4.69, 9.17) is 17.3 Å². The Hall–Kier alpha value is -0.610. The summed E-state index contributed by atoms with van der Waals surface area (Å²) in [4.78, 5) is 2.51. The first-order chi connectivity index (χ1) is 8.66. The van der Waals surface area contributed by atoms with Gasteiger partial charge in [-0.1, -0.05) is 23.7 Å². The van der Waals surface area contributed by atoms with Gasteiger partial charge in [-0.2, -0.15) is 0 Å². The lowest BCUT2D eigenvalue weighted by molar-refractivity contribution is 0.170. The number of hydrogen-bond donors (Lipinski definition) is 2. The van der Waals surface area contributed by atoms with Crippen LogP contribution in [0.3, 0.4) is 0 Å². The molecule has 0 spiro atoms. The van der Waals surface area contributed by atoms with Gasteiger partial charge in [0, 0.05) is 43.3 Å². The highest BCUT2D eigenvalue weighted by molar-refractivity contribution is 6.30. The van der Waals surface area contributed by atoms with E-state index in [0.29, 0.717) is 6.04 Å². The van der Waals surface area contributed by atoms with E-state index in [2.05, 4.69) is 17.1 Å². The average molecular weight is 268 g/mol. The predicted molar refractivity (Wildman–Crippen MR) is 76.9 cm³/mol. The summed E-state index contributed by atoms with van der Waals surface area (Å²) in [6, 6.07) is 8.48. The molecule has 18 heavy (non-hydrogen) atoms. The third kappa shape index (κ3) is 3.69. The summed E-state index contributed by atoms with van der Waals surface area (Å²) in [6.45, 7) is 6.67. The van der Waals surface area contributed by atoms with E-state index in [1.807, 2.05) is 24.3 Å². The molecule has 0 bridgehead atoms. The van der Waals surface area contributed by atoms with Crippen LogP contribution in [-0.2, 0) is 0 Å². The Balaban J connectivity index is 1.89. The van der Waals surface area contributed by atoms with Crippen molar-refractivity contribution in [3.05, 3.63) is 34.9 Å². The van der Waals surface area contributed by atoms with Gasteiger partial charge in [0.2, 0.25) is 0 Å². The topological polar surface area (TPSA) is 41.3 Å². The Morgan fingerprint density at radius 3 is 2.50 bits per heavy atom. The van der Waals surface area contributed by atoms with Gasteiger partial charge >= 0.3 is 0 Å². The number of halogens is 1. The summed E-state index contributed by atoms with van der Waals surface area (Å²) in [6.07, 6.45) is 0.988. The fourth-order valence-corrected chi connectivity index (χ4v) is 2.61. The smallest absolute Gasteiger partial charge is 0.0406 e. The van der Waals surface area contributed by atoms with Gasteiger partial charge in [-0.05, 0) is 31.0 Å². The van der Waals surface area contributed by atoms with Crippen LogP contribution in [0.5, 0.6) is 0 Å². The summed E-state index contributed by atoms with van der Waals surface area (Å²) in [5.41, 5.74) is 7.44. The third-order valence-corrected chi connectivity index (χ3v) is 3.92. The highest BCUT2D eigenvalue weighted by Gasteiger charge is 2.19. The second kappa shape index (κ2) is 6.53. The summed E-state index contributed by atoms with van der Waals surface area (Å²) in [5.74, 6) is 0. The average Bonchev–Trinajstić information content (AvgIpc) is 2.40. The van der Waals surface area contributed by atoms with Gasteiger partial charge in [0.05, 0.1) is 0 Å². The normalized spacial score (nSPS) is 20.6. The van der Waals surface area contributed by atoms with Crippen LogP contribution in [-0.4, -0.2) is 37.1 Å². The highest BCUT2D eigenvalue weighted by atomic mass is 35.5. The Morgan fingerprint density at radius 1 is 1.28 bits per heavy atom. The Bertz CT molecular complexity index is 360. The van der Waals surface area contributed by atoms with Gasteiger partial charge in [0.15, 0.2) is 0 Å². The minimum atomic E-state index is 0.0900. The van der Waals surface area contributed by atoms with E-state index >= 15 is 0 Å². The van der Waals surface area contributed by atoms with Crippen LogP contribution < -0.4 is 11.1 Å². The minimum absolute atomic E-state index is 0.0900. The zero-order valence-corrected chi connectivity index (χ0v) is 11.7. The third-order valence-electron chi connectivity index (χ3n) is 3.67. The van der Waals surface area contributed by atoms with Crippen molar-refractivity contribution in [2.75, 3.05) is 26.2 Å². The van der Waals surface area contributed by atoms with Crippen LogP contribution in [0, 0.1) is 0 Å². The number of piperazine rings is 1. The van der Waals surface area contributed by atoms with E-state index in [-0.39, 0.29) is 6.04 Å². The number of hydrogen-bond acceptors (Lipinski definition) is 3. The molecule has 1 aromatic carbocycles. The molecule has 1 heterocycles. The minimum Gasteiger partial charge on any atom is -0.324 e. The number of nitrogens with zero attached hydrogens (tertiary/aromatic N) is 1. The number of rotatable bonds is 4. The molecule has 0 amide bonds. The molecule has 0 aliphatic carbocycles. The Labute approximate surface area is 114 Å². The lowest BCUT2D eigenvalue weighted by atomic mass is 10.00. The lowest BCUT2D eigenvalue weighted by Crippen LogP contribution is -2.48. The predicted octanol–water partition coefficient (Wildman–Crippen LogP) is 2.02. The van der Waals surface area contributed by atoms with Crippen LogP contribution in [0.25, 0.3) is 0 Å². The van der Waals surface area contributed by atoms with Crippen molar-refractivity contribution >= 4 is 11.6 Å². The van der Waals surface area contributed by atoms with Gasteiger partial charge in [-0.25, -0.2) is 0 Å². The van der Waals surface area contributed by atoms with E-state index in [1.165, 1.54) is 5.56 Å². The van der Waals surface area contributed by atoms with Gasteiger partial charge in [0.1, 0.15) is 0 Å². The zero-order chi connectivity index (χ0) is 13.0. The molecule has 3 N–H and O–H groups in total. The first-order valence-corrected chi connectivity index (χ1v) is 7.00. The fraction of sp³-hybridized carbons (Fsp3) is 0.571. The largest absolute Gasteiger partial charge is 0.324 e. The molecular formula is C14H22ClN3. The SMILES string of the molecule is CC(CC(N)c1ccc(Cl)cc1)N1CCNCC1. The molecule has 1 aliphatic rings. The molecule has 2 rings (SSSR count). The van der Waals surface area contributed by atoms with Crippen molar-refractivity contribution in [3.8, 4) is 0 Å². The zero-order valence-electron chi connectivity index (χ0n) is 10.9. The van der Waals surface area contributed by atoms with Crippen LogP contribution in [0.1, 0.15) is 24.9 Å². The molecule has 0 saturated carbocycles. The van der Waals surface area contributed by atoms with Crippen molar-refractivity contribution in [1.82, 2.24) is 10.2 Å². The van der Waals surface area contributed by atoms with Gasteiger partial charge < -0.3 is 11.1 Å². The quantitative estimate of drug-likeness (QED) is 0.877. The number of nitrogens with two attached hydrogens (primary N) is 1. The van der Waals surface area contributed by atoms with Crippen LogP contribution in [0.15, 0.2) is 24.3 Å². The van der Waals surface area contributed by atoms with Crippen LogP contribution in [0.4, 0.5) is 0 Å².